The second-order valence-electron chi connectivity index (χ2n) is 4.78. The van der Waals surface area contributed by atoms with E-state index in [0.717, 1.165) is 25.5 Å². The molecule has 0 heterocycles. The smallest absolute Gasteiger partial charge is 0.221 e. The van der Waals surface area contributed by atoms with Gasteiger partial charge in [-0.25, -0.2) is 0 Å². The largest absolute Gasteiger partial charge is 0.326 e. The first-order chi connectivity index (χ1) is 9.95. The molecule has 1 atom stereocenters. The number of hydrogen-bond acceptors (Lipinski definition) is 3. The van der Waals surface area contributed by atoms with Crippen LogP contribution in [0, 0.1) is 0 Å². The van der Waals surface area contributed by atoms with Gasteiger partial charge in [-0.2, -0.15) is 0 Å². The zero-order valence-electron chi connectivity index (χ0n) is 11.9. The molecule has 0 aromatic heterocycles. The summed E-state index contributed by atoms with van der Waals surface area (Å²) in [6, 6.07) is 13.9. The maximum absolute atomic E-state index is 11.0. The van der Waals surface area contributed by atoms with Gasteiger partial charge in [0.1, 0.15) is 0 Å². The van der Waals surface area contributed by atoms with Gasteiger partial charge in [0.05, 0.1) is 0 Å². The van der Waals surface area contributed by atoms with Crippen molar-refractivity contribution in [3.05, 3.63) is 52.5 Å². The van der Waals surface area contributed by atoms with Crippen LogP contribution in [0.5, 0.6) is 0 Å². The van der Waals surface area contributed by atoms with Gasteiger partial charge >= 0.3 is 0 Å². The standard InChI is InChI=1S/C16H17BrN2OS/c1-10(18)15-8-3-12(17)9-16(15)21-14-6-4-13(5-7-14)19-11(2)20/h3-10H,18H2,1-2H3,(H,19,20). The molecule has 3 nitrogen and oxygen atoms in total. The predicted molar refractivity (Wildman–Crippen MR) is 91.6 cm³/mol. The van der Waals surface area contributed by atoms with Crippen molar-refractivity contribution in [1.29, 1.82) is 0 Å². The lowest BCUT2D eigenvalue weighted by molar-refractivity contribution is -0.114. The average Bonchev–Trinajstić information content (AvgIpc) is 2.40. The third kappa shape index (κ3) is 4.59. The minimum absolute atomic E-state index is 0.0146. The Kier molecular flexibility index (Phi) is 5.45. The zero-order chi connectivity index (χ0) is 15.4. The van der Waals surface area contributed by atoms with Gasteiger partial charge in [-0.1, -0.05) is 33.8 Å². The van der Waals surface area contributed by atoms with Gasteiger partial charge in [-0.05, 0) is 48.9 Å². The van der Waals surface area contributed by atoms with Gasteiger partial charge in [0.15, 0.2) is 0 Å². The lowest BCUT2D eigenvalue weighted by Gasteiger charge is -2.13. The Morgan fingerprint density at radius 3 is 2.48 bits per heavy atom. The third-order valence-electron chi connectivity index (χ3n) is 2.87. The molecule has 0 aliphatic carbocycles. The molecule has 2 rings (SSSR count). The van der Waals surface area contributed by atoms with E-state index in [4.69, 9.17) is 5.73 Å². The molecular weight excluding hydrogens is 348 g/mol. The molecule has 5 heteroatoms. The molecule has 0 fully saturated rings. The quantitative estimate of drug-likeness (QED) is 0.834. The van der Waals surface area contributed by atoms with Crippen LogP contribution in [-0.4, -0.2) is 5.91 Å². The van der Waals surface area contributed by atoms with Gasteiger partial charge in [-0.15, -0.1) is 0 Å². The summed E-state index contributed by atoms with van der Waals surface area (Å²) in [7, 11) is 0. The molecule has 0 radical (unpaired) electrons. The zero-order valence-corrected chi connectivity index (χ0v) is 14.3. The molecule has 1 unspecified atom stereocenters. The Bertz CT molecular complexity index is 641. The second-order valence-corrected chi connectivity index (χ2v) is 6.81. The monoisotopic (exact) mass is 364 g/mol. The van der Waals surface area contributed by atoms with Crippen molar-refractivity contribution in [3.8, 4) is 0 Å². The van der Waals surface area contributed by atoms with Crippen molar-refractivity contribution < 1.29 is 4.79 Å². The summed E-state index contributed by atoms with van der Waals surface area (Å²) in [6.45, 7) is 3.48. The summed E-state index contributed by atoms with van der Waals surface area (Å²) >= 11 is 5.16. The number of anilines is 1. The maximum atomic E-state index is 11.0. The Morgan fingerprint density at radius 1 is 1.24 bits per heavy atom. The SMILES string of the molecule is CC(=O)Nc1ccc(Sc2cc(Br)ccc2C(C)N)cc1. The topological polar surface area (TPSA) is 55.1 Å². The minimum atomic E-state index is -0.0679. The first-order valence-corrected chi connectivity index (χ1v) is 8.17. The van der Waals surface area contributed by atoms with E-state index in [2.05, 4.69) is 27.3 Å². The number of amides is 1. The van der Waals surface area contributed by atoms with E-state index >= 15 is 0 Å². The molecule has 2 aromatic carbocycles. The van der Waals surface area contributed by atoms with Gasteiger partial charge < -0.3 is 11.1 Å². The first kappa shape index (κ1) is 16.1. The van der Waals surface area contributed by atoms with Crippen LogP contribution in [0.4, 0.5) is 5.69 Å². The van der Waals surface area contributed by atoms with Crippen molar-refractivity contribution in [2.24, 2.45) is 5.73 Å². The summed E-state index contributed by atoms with van der Waals surface area (Å²) in [5.74, 6) is -0.0679. The molecule has 3 N–H and O–H groups in total. The Balaban J connectivity index is 2.21. The summed E-state index contributed by atoms with van der Waals surface area (Å²) in [5.41, 5.74) is 7.94. The highest BCUT2D eigenvalue weighted by molar-refractivity contribution is 9.10. The van der Waals surface area contributed by atoms with Gasteiger partial charge in [0.2, 0.25) is 5.91 Å². The molecule has 0 aliphatic heterocycles. The highest BCUT2D eigenvalue weighted by Gasteiger charge is 2.09. The van der Waals surface area contributed by atoms with Crippen LogP contribution in [0.2, 0.25) is 0 Å². The van der Waals surface area contributed by atoms with Crippen molar-refractivity contribution in [2.45, 2.75) is 29.7 Å². The Morgan fingerprint density at radius 2 is 1.90 bits per heavy atom. The van der Waals surface area contributed by atoms with Gasteiger partial charge in [0.25, 0.3) is 0 Å². The maximum Gasteiger partial charge on any atom is 0.221 e. The first-order valence-electron chi connectivity index (χ1n) is 6.56. The molecule has 2 aromatic rings. The van der Waals surface area contributed by atoms with Gasteiger partial charge in [0, 0.05) is 32.9 Å². The average molecular weight is 365 g/mol. The van der Waals surface area contributed by atoms with Crippen LogP contribution in [0.3, 0.4) is 0 Å². The molecule has 1 amide bonds. The number of hydrogen-bond donors (Lipinski definition) is 2. The van der Waals surface area contributed by atoms with E-state index in [0.29, 0.717) is 0 Å². The van der Waals surface area contributed by atoms with E-state index in [9.17, 15) is 4.79 Å². The summed E-state index contributed by atoms with van der Waals surface area (Å²) in [6.07, 6.45) is 0. The molecule has 0 aliphatic rings. The number of halogens is 1. The molecule has 0 saturated carbocycles. The van der Waals surface area contributed by atoms with Crippen molar-refractivity contribution in [2.75, 3.05) is 5.32 Å². The number of rotatable bonds is 4. The van der Waals surface area contributed by atoms with Crippen LogP contribution in [0.1, 0.15) is 25.5 Å². The van der Waals surface area contributed by atoms with E-state index in [1.165, 1.54) is 6.92 Å². The molecule has 0 saturated heterocycles. The van der Waals surface area contributed by atoms with Crippen molar-refractivity contribution in [1.82, 2.24) is 0 Å². The number of carbonyl (C=O) groups is 1. The summed E-state index contributed by atoms with van der Waals surface area (Å²) < 4.78 is 1.03. The van der Waals surface area contributed by atoms with Crippen LogP contribution >= 0.6 is 27.7 Å². The van der Waals surface area contributed by atoms with Crippen LogP contribution in [-0.2, 0) is 4.79 Å². The molecule has 21 heavy (non-hydrogen) atoms. The lowest BCUT2D eigenvalue weighted by atomic mass is 10.1. The molecule has 0 spiro atoms. The van der Waals surface area contributed by atoms with E-state index in [1.54, 1.807) is 11.8 Å². The Labute approximate surface area is 137 Å². The number of benzene rings is 2. The molecular formula is C16H17BrN2OS. The number of nitrogens with one attached hydrogen (secondary N) is 1. The lowest BCUT2D eigenvalue weighted by Crippen LogP contribution is -2.06. The third-order valence-corrected chi connectivity index (χ3v) is 4.44. The van der Waals surface area contributed by atoms with E-state index < -0.39 is 0 Å². The highest BCUT2D eigenvalue weighted by atomic mass is 79.9. The summed E-state index contributed by atoms with van der Waals surface area (Å²) in [5, 5.41) is 2.76. The van der Waals surface area contributed by atoms with E-state index in [1.807, 2.05) is 43.3 Å². The van der Waals surface area contributed by atoms with Crippen LogP contribution < -0.4 is 11.1 Å². The van der Waals surface area contributed by atoms with Gasteiger partial charge in [-0.3, -0.25) is 4.79 Å². The predicted octanol–water partition coefficient (Wildman–Crippen LogP) is 4.58. The normalized spacial score (nSPS) is 12.0. The van der Waals surface area contributed by atoms with Crippen LogP contribution in [0.25, 0.3) is 0 Å². The second kappa shape index (κ2) is 7.11. The minimum Gasteiger partial charge on any atom is -0.326 e. The Hall–Kier alpha value is -1.30. The van der Waals surface area contributed by atoms with Crippen molar-refractivity contribution in [3.63, 3.8) is 0 Å². The fourth-order valence-electron chi connectivity index (χ4n) is 1.91. The molecule has 110 valence electrons. The fraction of sp³-hybridized carbons (Fsp3) is 0.188. The number of nitrogens with two attached hydrogens (primary N) is 1. The van der Waals surface area contributed by atoms with Crippen LogP contribution in [0.15, 0.2) is 56.7 Å². The van der Waals surface area contributed by atoms with Crippen molar-refractivity contribution >= 4 is 39.3 Å². The number of carbonyl (C=O) groups excluding carboxylic acids is 1. The fourth-order valence-corrected chi connectivity index (χ4v) is 3.51. The summed E-state index contributed by atoms with van der Waals surface area (Å²) in [4.78, 5) is 13.2. The van der Waals surface area contributed by atoms with E-state index in [-0.39, 0.29) is 11.9 Å². The molecule has 0 bridgehead atoms. The highest BCUT2D eigenvalue weighted by Crippen LogP contribution is 2.35.